The summed E-state index contributed by atoms with van der Waals surface area (Å²) in [6, 6.07) is 15.5. The molecule has 0 aliphatic carbocycles. The molecule has 0 amide bonds. The lowest BCUT2D eigenvalue weighted by Gasteiger charge is -2.26. The second-order valence-electron chi connectivity index (χ2n) is 5.43. The normalized spacial score (nSPS) is 14.5. The summed E-state index contributed by atoms with van der Waals surface area (Å²) in [5, 5.41) is 11.2. The molecule has 116 valence electrons. The molecule has 0 fully saturated rings. The third-order valence-electron chi connectivity index (χ3n) is 3.48. The van der Waals surface area contributed by atoms with Crippen LogP contribution < -0.4 is 0 Å². The molecule has 1 N–H and O–H groups in total. The van der Waals surface area contributed by atoms with Crippen molar-refractivity contribution in [3.05, 3.63) is 77.3 Å². The van der Waals surface area contributed by atoms with Gasteiger partial charge in [0.2, 0.25) is 0 Å². The van der Waals surface area contributed by atoms with Crippen molar-refractivity contribution in [2.75, 3.05) is 6.61 Å². The summed E-state index contributed by atoms with van der Waals surface area (Å²) in [6.07, 6.45) is 2.18. The van der Waals surface area contributed by atoms with Crippen molar-refractivity contribution in [3.8, 4) is 0 Å². The summed E-state index contributed by atoms with van der Waals surface area (Å²) in [5.74, 6) is 0.710. The standard InChI is InChI=1S/C19H23NO2/c1-4-22-16(3)13-19(21,17-10-6-5-7-11-17)14-18-12-8-9-15(2)20-18/h5-13,21H,4,14H2,1-3H3/b16-13+. The number of allylic oxidation sites excluding steroid dienone is 1. The minimum atomic E-state index is -1.14. The monoisotopic (exact) mass is 297 g/mol. The van der Waals surface area contributed by atoms with E-state index >= 15 is 0 Å². The molecule has 0 spiro atoms. The molecule has 22 heavy (non-hydrogen) atoms. The molecule has 0 saturated carbocycles. The number of hydrogen-bond donors (Lipinski definition) is 1. The lowest BCUT2D eigenvalue weighted by atomic mass is 9.88. The van der Waals surface area contributed by atoms with Crippen LogP contribution in [0.1, 0.15) is 30.8 Å². The Bertz CT molecular complexity index is 637. The van der Waals surface area contributed by atoms with Gasteiger partial charge < -0.3 is 9.84 Å². The van der Waals surface area contributed by atoms with Crippen molar-refractivity contribution in [1.82, 2.24) is 4.98 Å². The first-order valence-electron chi connectivity index (χ1n) is 7.56. The molecule has 0 saturated heterocycles. The summed E-state index contributed by atoms with van der Waals surface area (Å²) in [4.78, 5) is 4.51. The first-order chi connectivity index (χ1) is 10.5. The predicted octanol–water partition coefficient (Wildman–Crippen LogP) is 3.76. The number of nitrogens with zero attached hydrogens (tertiary/aromatic N) is 1. The van der Waals surface area contributed by atoms with Crippen LogP contribution in [-0.2, 0) is 16.8 Å². The third-order valence-corrected chi connectivity index (χ3v) is 3.48. The molecule has 3 heteroatoms. The van der Waals surface area contributed by atoms with Crippen LogP contribution in [0.2, 0.25) is 0 Å². The van der Waals surface area contributed by atoms with E-state index in [4.69, 9.17) is 4.74 Å². The van der Waals surface area contributed by atoms with Crippen molar-refractivity contribution in [3.63, 3.8) is 0 Å². The van der Waals surface area contributed by atoms with E-state index in [1.807, 2.05) is 69.3 Å². The number of rotatable bonds is 6. The lowest BCUT2D eigenvalue weighted by molar-refractivity contribution is 0.0815. The Labute approximate surface area is 132 Å². The number of ether oxygens (including phenoxy) is 1. The van der Waals surface area contributed by atoms with Gasteiger partial charge in [-0.3, -0.25) is 4.98 Å². The Hall–Kier alpha value is -2.13. The van der Waals surface area contributed by atoms with Crippen molar-refractivity contribution in [2.45, 2.75) is 32.8 Å². The smallest absolute Gasteiger partial charge is 0.117 e. The molecule has 2 rings (SSSR count). The van der Waals surface area contributed by atoms with Crippen LogP contribution in [0.15, 0.2) is 60.4 Å². The molecule has 2 aromatic rings. The summed E-state index contributed by atoms with van der Waals surface area (Å²) in [7, 11) is 0. The molecule has 1 unspecified atom stereocenters. The summed E-state index contributed by atoms with van der Waals surface area (Å²) in [6.45, 7) is 6.32. The SMILES string of the molecule is CCO/C(C)=C/C(O)(Cc1cccc(C)n1)c1ccccc1. The third kappa shape index (κ3) is 4.18. The Morgan fingerprint density at radius 3 is 2.55 bits per heavy atom. The summed E-state index contributed by atoms with van der Waals surface area (Å²) < 4.78 is 5.50. The quantitative estimate of drug-likeness (QED) is 0.825. The highest BCUT2D eigenvalue weighted by atomic mass is 16.5. The highest BCUT2D eigenvalue weighted by molar-refractivity contribution is 5.30. The Morgan fingerprint density at radius 1 is 1.18 bits per heavy atom. The molecular weight excluding hydrogens is 274 g/mol. The van der Waals surface area contributed by atoms with E-state index < -0.39 is 5.60 Å². The fourth-order valence-electron chi connectivity index (χ4n) is 2.54. The van der Waals surface area contributed by atoms with Crippen molar-refractivity contribution >= 4 is 0 Å². The number of hydrogen-bond acceptors (Lipinski definition) is 3. The average Bonchev–Trinajstić information content (AvgIpc) is 2.48. The largest absolute Gasteiger partial charge is 0.499 e. The molecule has 0 aliphatic rings. The second kappa shape index (κ2) is 7.23. The van der Waals surface area contributed by atoms with Crippen molar-refractivity contribution in [1.29, 1.82) is 0 Å². The van der Waals surface area contributed by atoms with Gasteiger partial charge in [-0.15, -0.1) is 0 Å². The highest BCUT2D eigenvalue weighted by Gasteiger charge is 2.28. The zero-order valence-electron chi connectivity index (χ0n) is 13.4. The average molecular weight is 297 g/mol. The molecule has 0 bridgehead atoms. The van der Waals surface area contributed by atoms with Crippen LogP contribution in [0.3, 0.4) is 0 Å². The van der Waals surface area contributed by atoms with Crippen LogP contribution in [0.5, 0.6) is 0 Å². The van der Waals surface area contributed by atoms with Gasteiger partial charge in [-0.2, -0.15) is 0 Å². The number of pyridine rings is 1. The lowest BCUT2D eigenvalue weighted by Crippen LogP contribution is -2.27. The Balaban J connectivity index is 2.39. The maximum absolute atomic E-state index is 11.2. The predicted molar refractivity (Wildman–Crippen MR) is 88.4 cm³/mol. The van der Waals surface area contributed by atoms with Gasteiger partial charge in [0.15, 0.2) is 0 Å². The minimum absolute atomic E-state index is 0.406. The molecule has 0 aliphatic heterocycles. The Morgan fingerprint density at radius 2 is 1.91 bits per heavy atom. The molecule has 1 aromatic heterocycles. The fraction of sp³-hybridized carbons (Fsp3) is 0.316. The van der Waals surface area contributed by atoms with E-state index in [0.717, 1.165) is 17.0 Å². The zero-order valence-corrected chi connectivity index (χ0v) is 13.4. The van der Waals surface area contributed by atoms with E-state index in [0.29, 0.717) is 18.8 Å². The molecule has 0 radical (unpaired) electrons. The molecule has 1 aromatic carbocycles. The van der Waals surface area contributed by atoms with Crippen LogP contribution >= 0.6 is 0 Å². The maximum atomic E-state index is 11.2. The van der Waals surface area contributed by atoms with Crippen LogP contribution in [0.4, 0.5) is 0 Å². The second-order valence-corrected chi connectivity index (χ2v) is 5.43. The summed E-state index contributed by atoms with van der Waals surface area (Å²) in [5.41, 5.74) is 1.49. The van der Waals surface area contributed by atoms with Gasteiger partial charge in [0.1, 0.15) is 5.60 Å². The van der Waals surface area contributed by atoms with E-state index in [2.05, 4.69) is 4.98 Å². The van der Waals surface area contributed by atoms with Gasteiger partial charge in [-0.25, -0.2) is 0 Å². The van der Waals surface area contributed by atoms with Gasteiger partial charge in [0.05, 0.1) is 12.4 Å². The number of aryl methyl sites for hydroxylation is 1. The number of aromatic nitrogens is 1. The number of benzene rings is 1. The molecule has 3 nitrogen and oxygen atoms in total. The minimum Gasteiger partial charge on any atom is -0.499 e. The van der Waals surface area contributed by atoms with E-state index in [1.165, 1.54) is 0 Å². The van der Waals surface area contributed by atoms with Crippen LogP contribution in [-0.4, -0.2) is 16.7 Å². The first-order valence-corrected chi connectivity index (χ1v) is 7.56. The maximum Gasteiger partial charge on any atom is 0.117 e. The van der Waals surface area contributed by atoms with Gasteiger partial charge in [0, 0.05) is 17.8 Å². The fourth-order valence-corrected chi connectivity index (χ4v) is 2.54. The van der Waals surface area contributed by atoms with Crippen molar-refractivity contribution < 1.29 is 9.84 Å². The summed E-state index contributed by atoms with van der Waals surface area (Å²) >= 11 is 0. The zero-order chi connectivity index (χ0) is 16.0. The topological polar surface area (TPSA) is 42.4 Å². The van der Waals surface area contributed by atoms with Gasteiger partial charge in [-0.05, 0) is 44.5 Å². The first kappa shape index (κ1) is 16.2. The van der Waals surface area contributed by atoms with Gasteiger partial charge in [-0.1, -0.05) is 36.4 Å². The van der Waals surface area contributed by atoms with Crippen molar-refractivity contribution in [2.24, 2.45) is 0 Å². The van der Waals surface area contributed by atoms with Gasteiger partial charge in [0.25, 0.3) is 0 Å². The van der Waals surface area contributed by atoms with Crippen LogP contribution in [0.25, 0.3) is 0 Å². The van der Waals surface area contributed by atoms with E-state index in [9.17, 15) is 5.11 Å². The van der Waals surface area contributed by atoms with Crippen LogP contribution in [0, 0.1) is 6.92 Å². The molecular formula is C19H23NO2. The van der Waals surface area contributed by atoms with Gasteiger partial charge >= 0.3 is 0 Å². The Kier molecular flexibility index (Phi) is 5.34. The highest BCUT2D eigenvalue weighted by Crippen LogP contribution is 2.28. The van der Waals surface area contributed by atoms with E-state index in [-0.39, 0.29) is 0 Å². The molecule has 1 heterocycles. The molecule has 1 atom stereocenters. The van der Waals surface area contributed by atoms with E-state index in [1.54, 1.807) is 6.08 Å². The number of aliphatic hydroxyl groups is 1.